The molecule has 0 aliphatic carbocycles. The smallest absolute Gasteiger partial charge is 0.261 e. The molecule has 0 unspecified atom stereocenters. The van der Waals surface area contributed by atoms with Crippen molar-refractivity contribution < 1.29 is 26.4 Å². The highest BCUT2D eigenvalue weighted by molar-refractivity contribution is 7.92. The van der Waals surface area contributed by atoms with Crippen LogP contribution in [-0.2, 0) is 24.8 Å². The number of hydrogen-bond donors (Lipinski definition) is 2. The molecule has 4 rings (SSSR count). The summed E-state index contributed by atoms with van der Waals surface area (Å²) in [5, 5.41) is 3.09. The Balaban J connectivity index is 1.54. The summed E-state index contributed by atoms with van der Waals surface area (Å²) >= 11 is 5.85. The van der Waals surface area contributed by atoms with Crippen LogP contribution in [0.25, 0.3) is 0 Å². The van der Waals surface area contributed by atoms with Gasteiger partial charge >= 0.3 is 0 Å². The predicted octanol–water partition coefficient (Wildman–Crippen LogP) is 3.72. The van der Waals surface area contributed by atoms with E-state index in [4.69, 9.17) is 16.3 Å². The molecule has 1 heterocycles. The fourth-order valence-electron chi connectivity index (χ4n) is 3.60. The van der Waals surface area contributed by atoms with Crippen LogP contribution in [0, 0.1) is 6.92 Å². The maximum absolute atomic E-state index is 13.1. The van der Waals surface area contributed by atoms with Crippen LogP contribution in [0.15, 0.2) is 76.5 Å². The van der Waals surface area contributed by atoms with E-state index < -0.39 is 26.0 Å². The number of amides is 1. The van der Waals surface area contributed by atoms with Gasteiger partial charge in [-0.1, -0.05) is 23.2 Å². The van der Waals surface area contributed by atoms with Crippen molar-refractivity contribution in [3.8, 4) is 0 Å². The number of aryl methyl sites for hydroxylation is 1. The number of nitrogens with one attached hydrogen (secondary N) is 2. The van der Waals surface area contributed by atoms with Crippen LogP contribution >= 0.6 is 11.6 Å². The third-order valence-corrected chi connectivity index (χ3v) is 9.05. The van der Waals surface area contributed by atoms with E-state index in [1.165, 1.54) is 58.9 Å². The highest BCUT2D eigenvalue weighted by atomic mass is 35.5. The van der Waals surface area contributed by atoms with E-state index in [9.17, 15) is 21.6 Å². The van der Waals surface area contributed by atoms with Crippen molar-refractivity contribution in [1.29, 1.82) is 0 Å². The third kappa shape index (κ3) is 5.88. The maximum atomic E-state index is 13.1. The molecule has 190 valence electrons. The summed E-state index contributed by atoms with van der Waals surface area (Å²) in [6.07, 6.45) is 0. The van der Waals surface area contributed by atoms with Gasteiger partial charge in [0.05, 0.1) is 34.3 Å². The molecule has 0 saturated carbocycles. The second kappa shape index (κ2) is 10.6. The standard InChI is InChI=1S/C24H24ClN3O6S2/c1-17-2-11-23(27-35(30,31)20-7-3-18(25)4-8-20)22(16-17)24(29)26-19-5-9-21(10-6-19)36(32,33)28-12-14-34-15-13-28/h2-11,16,27H,12-15H2,1H3,(H,26,29). The number of carbonyl (C=O) groups excluding carboxylic acids is 1. The van der Waals surface area contributed by atoms with Gasteiger partial charge in [-0.15, -0.1) is 0 Å². The number of nitrogens with zero attached hydrogens (tertiary/aromatic N) is 1. The Bertz CT molecular complexity index is 1470. The average molecular weight is 550 g/mol. The van der Waals surface area contributed by atoms with Crippen molar-refractivity contribution in [3.05, 3.63) is 82.9 Å². The quantitative estimate of drug-likeness (QED) is 0.463. The van der Waals surface area contributed by atoms with Crippen molar-refractivity contribution in [3.63, 3.8) is 0 Å². The Labute approximate surface area is 215 Å². The predicted molar refractivity (Wildman–Crippen MR) is 137 cm³/mol. The van der Waals surface area contributed by atoms with Crippen molar-refractivity contribution in [2.24, 2.45) is 0 Å². The molecule has 0 aromatic heterocycles. The minimum atomic E-state index is -3.97. The summed E-state index contributed by atoms with van der Waals surface area (Å²) in [6, 6.07) is 16.2. The van der Waals surface area contributed by atoms with E-state index in [-0.39, 0.29) is 34.1 Å². The van der Waals surface area contributed by atoms with Crippen molar-refractivity contribution >= 4 is 48.9 Å². The van der Waals surface area contributed by atoms with E-state index in [1.807, 2.05) is 0 Å². The molecule has 1 aliphatic rings. The number of hydrogen-bond acceptors (Lipinski definition) is 6. The van der Waals surface area contributed by atoms with Crippen LogP contribution in [-0.4, -0.2) is 53.4 Å². The number of halogens is 1. The Morgan fingerprint density at radius 3 is 2.14 bits per heavy atom. The highest BCUT2D eigenvalue weighted by Crippen LogP contribution is 2.25. The molecule has 1 aliphatic heterocycles. The molecule has 0 bridgehead atoms. The fourth-order valence-corrected chi connectivity index (χ4v) is 6.21. The van der Waals surface area contributed by atoms with E-state index in [1.54, 1.807) is 19.1 Å². The van der Waals surface area contributed by atoms with Crippen molar-refractivity contribution in [2.75, 3.05) is 36.3 Å². The summed E-state index contributed by atoms with van der Waals surface area (Å²) in [6.45, 7) is 3.02. The molecule has 0 radical (unpaired) electrons. The van der Waals surface area contributed by atoms with E-state index in [2.05, 4.69) is 10.0 Å². The van der Waals surface area contributed by atoms with Crippen LogP contribution < -0.4 is 10.0 Å². The average Bonchev–Trinajstić information content (AvgIpc) is 2.86. The monoisotopic (exact) mass is 549 g/mol. The lowest BCUT2D eigenvalue weighted by molar-refractivity contribution is 0.0730. The molecule has 36 heavy (non-hydrogen) atoms. The van der Waals surface area contributed by atoms with Crippen molar-refractivity contribution in [1.82, 2.24) is 4.31 Å². The first kappa shape index (κ1) is 26.1. The molecule has 1 amide bonds. The third-order valence-electron chi connectivity index (χ3n) is 5.51. The van der Waals surface area contributed by atoms with Gasteiger partial charge in [-0.25, -0.2) is 16.8 Å². The van der Waals surface area contributed by atoms with E-state index >= 15 is 0 Å². The molecular formula is C24H24ClN3O6S2. The zero-order chi connectivity index (χ0) is 25.9. The normalized spacial score (nSPS) is 14.8. The molecule has 2 N–H and O–H groups in total. The zero-order valence-corrected chi connectivity index (χ0v) is 21.7. The van der Waals surface area contributed by atoms with Gasteiger partial charge in [0.1, 0.15) is 0 Å². The molecular weight excluding hydrogens is 526 g/mol. The molecule has 9 nitrogen and oxygen atoms in total. The SMILES string of the molecule is Cc1ccc(NS(=O)(=O)c2ccc(Cl)cc2)c(C(=O)Nc2ccc(S(=O)(=O)N3CCOCC3)cc2)c1. The summed E-state index contributed by atoms with van der Waals surface area (Å²) in [5.74, 6) is -0.559. The highest BCUT2D eigenvalue weighted by Gasteiger charge is 2.26. The van der Waals surface area contributed by atoms with Crippen LogP contribution in [0.5, 0.6) is 0 Å². The fraction of sp³-hybridized carbons (Fsp3) is 0.208. The number of morpholine rings is 1. The van der Waals surface area contributed by atoms with Crippen LogP contribution in [0.4, 0.5) is 11.4 Å². The lowest BCUT2D eigenvalue weighted by atomic mass is 10.1. The minimum Gasteiger partial charge on any atom is -0.379 e. The van der Waals surface area contributed by atoms with E-state index in [0.717, 1.165) is 5.56 Å². The van der Waals surface area contributed by atoms with Gasteiger partial charge in [0.2, 0.25) is 10.0 Å². The number of anilines is 2. The molecule has 1 saturated heterocycles. The summed E-state index contributed by atoms with van der Waals surface area (Å²) in [7, 11) is -7.64. The van der Waals surface area contributed by atoms with Gasteiger partial charge in [-0.3, -0.25) is 9.52 Å². The maximum Gasteiger partial charge on any atom is 0.261 e. The Morgan fingerprint density at radius 2 is 1.50 bits per heavy atom. The van der Waals surface area contributed by atoms with Crippen LogP contribution in [0.2, 0.25) is 5.02 Å². The first-order valence-electron chi connectivity index (χ1n) is 10.9. The molecule has 0 spiro atoms. The van der Waals surface area contributed by atoms with Gasteiger partial charge in [0.15, 0.2) is 0 Å². The van der Waals surface area contributed by atoms with Gasteiger partial charge in [0, 0.05) is 23.8 Å². The minimum absolute atomic E-state index is 0.00380. The molecule has 1 fully saturated rings. The van der Waals surface area contributed by atoms with Crippen LogP contribution in [0.3, 0.4) is 0 Å². The molecule has 3 aromatic carbocycles. The van der Waals surface area contributed by atoms with Gasteiger partial charge < -0.3 is 10.1 Å². The van der Waals surface area contributed by atoms with Gasteiger partial charge in [0.25, 0.3) is 15.9 Å². The number of benzene rings is 3. The Morgan fingerprint density at radius 1 is 0.889 bits per heavy atom. The first-order valence-corrected chi connectivity index (χ1v) is 14.2. The summed E-state index contributed by atoms with van der Waals surface area (Å²) in [4.78, 5) is 13.2. The lowest BCUT2D eigenvalue weighted by Gasteiger charge is -2.26. The Kier molecular flexibility index (Phi) is 7.67. The summed E-state index contributed by atoms with van der Waals surface area (Å²) in [5.41, 5.74) is 1.31. The molecule has 12 heteroatoms. The number of ether oxygens (including phenoxy) is 1. The number of sulfonamides is 2. The molecule has 3 aromatic rings. The first-order chi connectivity index (χ1) is 17.1. The number of carbonyl (C=O) groups is 1. The van der Waals surface area contributed by atoms with Gasteiger partial charge in [-0.2, -0.15) is 4.31 Å². The van der Waals surface area contributed by atoms with Crippen molar-refractivity contribution in [2.45, 2.75) is 16.7 Å². The lowest BCUT2D eigenvalue weighted by Crippen LogP contribution is -2.40. The second-order valence-corrected chi connectivity index (χ2v) is 12.2. The molecule has 0 atom stereocenters. The largest absolute Gasteiger partial charge is 0.379 e. The van der Waals surface area contributed by atoms with Crippen LogP contribution in [0.1, 0.15) is 15.9 Å². The zero-order valence-electron chi connectivity index (χ0n) is 19.3. The topological polar surface area (TPSA) is 122 Å². The number of rotatable bonds is 7. The van der Waals surface area contributed by atoms with E-state index in [0.29, 0.717) is 23.9 Å². The Hall–Kier alpha value is -2.96. The second-order valence-electron chi connectivity index (χ2n) is 8.10. The van der Waals surface area contributed by atoms with Gasteiger partial charge in [-0.05, 0) is 67.6 Å². The summed E-state index contributed by atoms with van der Waals surface area (Å²) < 4.78 is 60.3.